The number of hydrogen-bond acceptors (Lipinski definition) is 4. The van der Waals surface area contributed by atoms with E-state index in [1.54, 1.807) is 13.4 Å². The topological polar surface area (TPSA) is 52.8 Å². The zero-order valence-corrected chi connectivity index (χ0v) is 18.2. The van der Waals surface area contributed by atoms with Crippen molar-refractivity contribution in [1.82, 2.24) is 19.5 Å². The molecule has 0 radical (unpaired) electrons. The van der Waals surface area contributed by atoms with Crippen LogP contribution in [0.3, 0.4) is 0 Å². The Labute approximate surface area is 178 Å². The summed E-state index contributed by atoms with van der Waals surface area (Å²) in [6.07, 6.45) is 5.68. The van der Waals surface area contributed by atoms with Crippen molar-refractivity contribution in [2.45, 2.75) is 46.3 Å². The zero-order valence-electron chi connectivity index (χ0n) is 18.2. The van der Waals surface area contributed by atoms with Crippen LogP contribution in [0.5, 0.6) is 0 Å². The SMILES string of the molecule is CCC(CCn1cnc2c(-c3ccc(C)cc3)ncnc21)OC.Cc1ccccc1. The normalized spacial score (nSPS) is 11.7. The summed E-state index contributed by atoms with van der Waals surface area (Å²) in [5, 5.41) is 0. The van der Waals surface area contributed by atoms with Crippen LogP contribution in [-0.2, 0) is 11.3 Å². The number of methoxy groups -OCH3 is 1. The number of fused-ring (bicyclic) bond motifs is 1. The van der Waals surface area contributed by atoms with Gasteiger partial charge in [-0.3, -0.25) is 0 Å². The molecule has 1 unspecified atom stereocenters. The summed E-state index contributed by atoms with van der Waals surface area (Å²) < 4.78 is 7.53. The third-order valence-electron chi connectivity index (χ3n) is 5.15. The summed E-state index contributed by atoms with van der Waals surface area (Å²) in [5.74, 6) is 0. The highest BCUT2D eigenvalue weighted by molar-refractivity contribution is 5.87. The molecule has 0 saturated heterocycles. The Morgan fingerprint density at radius 3 is 2.20 bits per heavy atom. The van der Waals surface area contributed by atoms with E-state index in [0.717, 1.165) is 41.8 Å². The van der Waals surface area contributed by atoms with Crippen molar-refractivity contribution in [2.75, 3.05) is 7.11 Å². The van der Waals surface area contributed by atoms with Crippen LogP contribution in [0.15, 0.2) is 67.3 Å². The first-order chi connectivity index (χ1) is 14.6. The van der Waals surface area contributed by atoms with Gasteiger partial charge in [-0.05, 0) is 26.7 Å². The van der Waals surface area contributed by atoms with Gasteiger partial charge in [0.15, 0.2) is 5.65 Å². The van der Waals surface area contributed by atoms with Crippen LogP contribution in [0, 0.1) is 13.8 Å². The van der Waals surface area contributed by atoms with Crippen molar-refractivity contribution in [1.29, 1.82) is 0 Å². The lowest BCUT2D eigenvalue weighted by atomic mass is 10.1. The van der Waals surface area contributed by atoms with E-state index in [4.69, 9.17) is 4.74 Å². The summed E-state index contributed by atoms with van der Waals surface area (Å²) in [6.45, 7) is 7.14. The fourth-order valence-corrected chi connectivity index (χ4v) is 3.27. The third kappa shape index (κ3) is 5.51. The van der Waals surface area contributed by atoms with E-state index in [1.165, 1.54) is 11.1 Å². The minimum Gasteiger partial charge on any atom is -0.381 e. The number of rotatable bonds is 6. The Kier molecular flexibility index (Phi) is 7.69. The van der Waals surface area contributed by atoms with Gasteiger partial charge >= 0.3 is 0 Å². The van der Waals surface area contributed by atoms with Crippen LogP contribution in [-0.4, -0.2) is 32.7 Å². The standard InChI is InChI=1S/C18H22N4O.C7H8/c1-4-15(23-3)9-10-22-12-21-17-16(19-11-20-18(17)22)14-7-5-13(2)6-8-14;1-7-5-3-2-4-6-7/h5-8,11-12,15H,4,9-10H2,1-3H3;2-6H,1H3. The highest BCUT2D eigenvalue weighted by Gasteiger charge is 2.13. The summed E-state index contributed by atoms with van der Waals surface area (Å²) in [4.78, 5) is 13.4. The number of aromatic nitrogens is 4. The highest BCUT2D eigenvalue weighted by atomic mass is 16.5. The third-order valence-corrected chi connectivity index (χ3v) is 5.15. The van der Waals surface area contributed by atoms with Crippen LogP contribution in [0.1, 0.15) is 30.9 Å². The molecule has 0 N–H and O–H groups in total. The minimum absolute atomic E-state index is 0.269. The van der Waals surface area contributed by atoms with Gasteiger partial charge in [-0.25, -0.2) is 15.0 Å². The van der Waals surface area contributed by atoms with Crippen LogP contribution >= 0.6 is 0 Å². The quantitative estimate of drug-likeness (QED) is 0.420. The molecule has 156 valence electrons. The molecule has 5 heteroatoms. The summed E-state index contributed by atoms with van der Waals surface area (Å²) >= 11 is 0. The molecule has 0 fully saturated rings. The van der Waals surface area contributed by atoms with Gasteiger partial charge in [0.25, 0.3) is 0 Å². The van der Waals surface area contributed by atoms with Crippen molar-refractivity contribution in [2.24, 2.45) is 0 Å². The lowest BCUT2D eigenvalue weighted by Crippen LogP contribution is -2.12. The molecule has 0 aliphatic heterocycles. The van der Waals surface area contributed by atoms with Crippen molar-refractivity contribution < 1.29 is 4.74 Å². The molecule has 0 spiro atoms. The summed E-state index contributed by atoms with van der Waals surface area (Å²) in [6, 6.07) is 18.6. The number of nitrogens with zero attached hydrogens (tertiary/aromatic N) is 4. The second-order valence-corrected chi connectivity index (χ2v) is 7.41. The van der Waals surface area contributed by atoms with E-state index in [-0.39, 0.29) is 6.10 Å². The average Bonchev–Trinajstić information content (AvgIpc) is 3.19. The highest BCUT2D eigenvalue weighted by Crippen LogP contribution is 2.24. The van der Waals surface area contributed by atoms with E-state index in [2.05, 4.69) is 76.7 Å². The second kappa shape index (κ2) is 10.6. The smallest absolute Gasteiger partial charge is 0.163 e. The molecule has 4 aromatic rings. The first-order valence-corrected chi connectivity index (χ1v) is 10.4. The van der Waals surface area contributed by atoms with Crippen molar-refractivity contribution in [3.05, 3.63) is 78.4 Å². The van der Waals surface area contributed by atoms with Gasteiger partial charge in [0.2, 0.25) is 0 Å². The summed E-state index contributed by atoms with van der Waals surface area (Å²) in [7, 11) is 1.76. The molecule has 30 heavy (non-hydrogen) atoms. The largest absolute Gasteiger partial charge is 0.381 e. The van der Waals surface area contributed by atoms with E-state index >= 15 is 0 Å². The Morgan fingerprint density at radius 2 is 1.60 bits per heavy atom. The van der Waals surface area contributed by atoms with Gasteiger partial charge in [0.05, 0.1) is 12.4 Å². The molecule has 2 aromatic heterocycles. The predicted molar refractivity (Wildman–Crippen MR) is 122 cm³/mol. The fourth-order valence-electron chi connectivity index (χ4n) is 3.27. The number of imidazole rings is 1. The molecular weight excluding hydrogens is 372 g/mol. The monoisotopic (exact) mass is 402 g/mol. The molecule has 2 aromatic carbocycles. The fraction of sp³-hybridized carbons (Fsp3) is 0.320. The molecule has 0 amide bonds. The maximum Gasteiger partial charge on any atom is 0.163 e. The second-order valence-electron chi connectivity index (χ2n) is 7.41. The molecule has 0 aliphatic rings. The Hall–Kier alpha value is -3.05. The lowest BCUT2D eigenvalue weighted by molar-refractivity contribution is 0.0885. The molecular formula is C25H30N4O. The molecule has 5 nitrogen and oxygen atoms in total. The number of aryl methyl sites for hydroxylation is 3. The molecule has 2 heterocycles. The van der Waals surface area contributed by atoms with Crippen LogP contribution in [0.4, 0.5) is 0 Å². The molecule has 0 saturated carbocycles. The maximum atomic E-state index is 5.45. The van der Waals surface area contributed by atoms with Crippen LogP contribution in [0.25, 0.3) is 22.4 Å². The molecule has 1 atom stereocenters. The zero-order chi connectivity index (χ0) is 21.3. The number of benzene rings is 2. The molecule has 0 bridgehead atoms. The minimum atomic E-state index is 0.269. The Bertz CT molecular complexity index is 1040. The van der Waals surface area contributed by atoms with Crippen molar-refractivity contribution in [3.8, 4) is 11.3 Å². The molecule has 0 aliphatic carbocycles. The first kappa shape index (κ1) is 21.7. The van der Waals surface area contributed by atoms with E-state index in [9.17, 15) is 0 Å². The average molecular weight is 403 g/mol. The van der Waals surface area contributed by atoms with Gasteiger partial charge in [0.1, 0.15) is 17.5 Å². The molecule has 4 rings (SSSR count). The van der Waals surface area contributed by atoms with Gasteiger partial charge in [0, 0.05) is 19.2 Å². The first-order valence-electron chi connectivity index (χ1n) is 10.4. The lowest BCUT2D eigenvalue weighted by Gasteiger charge is -2.13. The number of ether oxygens (including phenoxy) is 1. The summed E-state index contributed by atoms with van der Waals surface area (Å²) in [5.41, 5.74) is 6.23. The van der Waals surface area contributed by atoms with Gasteiger partial charge in [-0.15, -0.1) is 0 Å². The maximum absolute atomic E-state index is 5.45. The van der Waals surface area contributed by atoms with E-state index in [1.807, 2.05) is 24.5 Å². The number of hydrogen-bond donors (Lipinski definition) is 0. The Morgan fingerprint density at radius 1 is 0.900 bits per heavy atom. The van der Waals surface area contributed by atoms with Gasteiger partial charge in [-0.2, -0.15) is 0 Å². The van der Waals surface area contributed by atoms with Crippen molar-refractivity contribution >= 4 is 11.2 Å². The van der Waals surface area contributed by atoms with E-state index < -0.39 is 0 Å². The van der Waals surface area contributed by atoms with Gasteiger partial charge in [-0.1, -0.05) is 72.6 Å². The van der Waals surface area contributed by atoms with E-state index in [0.29, 0.717) is 0 Å². The van der Waals surface area contributed by atoms with Crippen molar-refractivity contribution in [3.63, 3.8) is 0 Å². The van der Waals surface area contributed by atoms with Gasteiger partial charge < -0.3 is 9.30 Å². The Balaban J connectivity index is 0.000000310. The van der Waals surface area contributed by atoms with Crippen LogP contribution in [0.2, 0.25) is 0 Å². The van der Waals surface area contributed by atoms with Crippen LogP contribution < -0.4 is 0 Å². The predicted octanol–water partition coefficient (Wildman–Crippen LogP) is 5.61.